The summed E-state index contributed by atoms with van der Waals surface area (Å²) in [4.78, 5) is 10.9. The van der Waals surface area contributed by atoms with Crippen molar-refractivity contribution in [2.24, 2.45) is 7.05 Å². The lowest BCUT2D eigenvalue weighted by Gasteiger charge is -2.07. The van der Waals surface area contributed by atoms with E-state index in [1.54, 1.807) is 6.07 Å². The third kappa shape index (κ3) is 2.98. The van der Waals surface area contributed by atoms with E-state index in [0.29, 0.717) is 11.3 Å². The van der Waals surface area contributed by atoms with Gasteiger partial charge in [-0.3, -0.25) is 4.68 Å². The van der Waals surface area contributed by atoms with Crippen molar-refractivity contribution in [1.82, 2.24) is 9.78 Å². The number of hydrogen-bond acceptors (Lipinski definition) is 2. The Morgan fingerprint density at radius 3 is 2.60 bits per heavy atom. The van der Waals surface area contributed by atoms with Crippen molar-refractivity contribution in [3.8, 4) is 0 Å². The molecule has 0 aliphatic heterocycles. The molecule has 4 nitrogen and oxygen atoms in total. The number of carboxylic acid groups (broad SMARTS) is 1. The highest BCUT2D eigenvalue weighted by Crippen LogP contribution is 2.29. The summed E-state index contributed by atoms with van der Waals surface area (Å²) in [5.74, 6) is -1.13. The van der Waals surface area contributed by atoms with Crippen molar-refractivity contribution < 1.29 is 23.1 Å². The second kappa shape index (κ2) is 4.99. The Bertz CT molecular complexity index is 647. The van der Waals surface area contributed by atoms with Crippen LogP contribution in [0.1, 0.15) is 27.3 Å². The Morgan fingerprint density at radius 2 is 2.05 bits per heavy atom. The van der Waals surface area contributed by atoms with E-state index in [4.69, 9.17) is 5.11 Å². The number of aryl methyl sites for hydroxylation is 1. The minimum absolute atomic E-state index is 0.00743. The second-order valence-electron chi connectivity index (χ2n) is 4.32. The number of alkyl halides is 3. The molecule has 0 saturated heterocycles. The fraction of sp³-hybridized carbons (Fsp3) is 0.231. The van der Waals surface area contributed by atoms with E-state index in [0.717, 1.165) is 12.1 Å². The Kier molecular flexibility index (Phi) is 3.52. The van der Waals surface area contributed by atoms with Crippen LogP contribution in [-0.2, 0) is 19.6 Å². The van der Waals surface area contributed by atoms with Crippen molar-refractivity contribution in [3.05, 3.63) is 52.8 Å². The summed E-state index contributed by atoms with van der Waals surface area (Å²) in [6.45, 7) is 0. The van der Waals surface area contributed by atoms with Crippen LogP contribution < -0.4 is 0 Å². The summed E-state index contributed by atoms with van der Waals surface area (Å²) >= 11 is 0. The van der Waals surface area contributed by atoms with Gasteiger partial charge in [0.05, 0.1) is 11.3 Å². The molecule has 106 valence electrons. The average Bonchev–Trinajstić information content (AvgIpc) is 2.69. The van der Waals surface area contributed by atoms with Crippen molar-refractivity contribution in [1.29, 1.82) is 0 Å². The van der Waals surface area contributed by atoms with E-state index in [1.165, 1.54) is 23.9 Å². The smallest absolute Gasteiger partial charge is 0.416 e. The number of hydrogen-bond donors (Lipinski definition) is 1. The standard InChI is InChI=1S/C13H11F3N2O2/c1-18-11(12(19)20)7-10(17-18)6-8-3-2-4-9(5-8)13(14,15)16/h2-5,7H,6H2,1H3,(H,19,20). The predicted octanol–water partition coefficient (Wildman–Crippen LogP) is 2.73. The number of benzene rings is 1. The normalized spacial score (nSPS) is 11.6. The zero-order valence-corrected chi connectivity index (χ0v) is 10.5. The summed E-state index contributed by atoms with van der Waals surface area (Å²) in [5, 5.41) is 12.9. The zero-order valence-electron chi connectivity index (χ0n) is 10.5. The number of nitrogens with zero attached hydrogens (tertiary/aromatic N) is 2. The molecule has 0 bridgehead atoms. The fourth-order valence-corrected chi connectivity index (χ4v) is 1.88. The number of halogens is 3. The first-order chi connectivity index (χ1) is 9.27. The summed E-state index contributed by atoms with van der Waals surface area (Å²) in [6.07, 6.45) is -4.25. The van der Waals surface area contributed by atoms with Gasteiger partial charge >= 0.3 is 12.1 Å². The molecule has 0 saturated carbocycles. The first-order valence-corrected chi connectivity index (χ1v) is 5.69. The van der Waals surface area contributed by atoms with Gasteiger partial charge in [-0.05, 0) is 17.7 Å². The van der Waals surface area contributed by atoms with E-state index in [1.807, 2.05) is 0 Å². The van der Waals surface area contributed by atoms with E-state index >= 15 is 0 Å². The third-order valence-electron chi connectivity index (χ3n) is 2.79. The number of aromatic carboxylic acids is 1. The molecule has 1 heterocycles. The molecule has 0 amide bonds. The molecule has 0 aliphatic carbocycles. The quantitative estimate of drug-likeness (QED) is 0.942. The molecular formula is C13H11F3N2O2. The van der Waals surface area contributed by atoms with Crippen LogP contribution in [0, 0.1) is 0 Å². The lowest BCUT2D eigenvalue weighted by atomic mass is 10.1. The summed E-state index contributed by atoms with van der Waals surface area (Å²) in [5.41, 5.74) is 0.0930. The minimum atomic E-state index is -4.40. The Labute approximate surface area is 112 Å². The van der Waals surface area contributed by atoms with E-state index in [-0.39, 0.29) is 12.1 Å². The number of carboxylic acids is 1. The Hall–Kier alpha value is -2.31. The predicted molar refractivity (Wildman–Crippen MR) is 64.4 cm³/mol. The van der Waals surface area contributed by atoms with Gasteiger partial charge in [0.2, 0.25) is 0 Å². The number of aromatic nitrogens is 2. The van der Waals surface area contributed by atoms with Gasteiger partial charge in [-0.1, -0.05) is 18.2 Å². The highest BCUT2D eigenvalue weighted by Gasteiger charge is 2.30. The van der Waals surface area contributed by atoms with Gasteiger partial charge in [-0.15, -0.1) is 0 Å². The molecule has 0 fully saturated rings. The molecule has 7 heteroatoms. The first kappa shape index (κ1) is 14.1. The van der Waals surface area contributed by atoms with Gasteiger partial charge in [0.15, 0.2) is 0 Å². The molecule has 2 aromatic rings. The van der Waals surface area contributed by atoms with Gasteiger partial charge < -0.3 is 5.11 Å². The van der Waals surface area contributed by atoms with Gasteiger partial charge in [-0.2, -0.15) is 18.3 Å². The van der Waals surface area contributed by atoms with Gasteiger partial charge in [0.25, 0.3) is 0 Å². The van der Waals surface area contributed by atoms with E-state index in [2.05, 4.69) is 5.10 Å². The lowest BCUT2D eigenvalue weighted by Crippen LogP contribution is -2.05. The minimum Gasteiger partial charge on any atom is -0.477 e. The SMILES string of the molecule is Cn1nc(Cc2cccc(C(F)(F)F)c2)cc1C(=O)O. The van der Waals surface area contributed by atoms with Crippen molar-refractivity contribution in [3.63, 3.8) is 0 Å². The van der Waals surface area contributed by atoms with Crippen molar-refractivity contribution >= 4 is 5.97 Å². The molecule has 1 aromatic heterocycles. The van der Waals surface area contributed by atoms with Gasteiger partial charge in [0, 0.05) is 13.5 Å². The largest absolute Gasteiger partial charge is 0.477 e. The van der Waals surface area contributed by atoms with Crippen LogP contribution in [0.15, 0.2) is 30.3 Å². The van der Waals surface area contributed by atoms with Crippen LogP contribution in [0.25, 0.3) is 0 Å². The van der Waals surface area contributed by atoms with Gasteiger partial charge in [-0.25, -0.2) is 4.79 Å². The van der Waals surface area contributed by atoms with Crippen LogP contribution >= 0.6 is 0 Å². The second-order valence-corrected chi connectivity index (χ2v) is 4.32. The average molecular weight is 284 g/mol. The third-order valence-corrected chi connectivity index (χ3v) is 2.79. The van der Waals surface area contributed by atoms with Crippen molar-refractivity contribution in [2.75, 3.05) is 0 Å². The molecule has 1 aromatic carbocycles. The zero-order chi connectivity index (χ0) is 14.9. The summed E-state index contributed by atoms with van der Waals surface area (Å²) in [6, 6.07) is 6.24. The van der Waals surface area contributed by atoms with Crippen LogP contribution in [0.2, 0.25) is 0 Å². The molecule has 2 rings (SSSR count). The first-order valence-electron chi connectivity index (χ1n) is 5.69. The Morgan fingerprint density at radius 1 is 1.35 bits per heavy atom. The Balaban J connectivity index is 2.26. The molecule has 0 unspecified atom stereocenters. The molecule has 0 spiro atoms. The molecule has 0 radical (unpaired) electrons. The summed E-state index contributed by atoms with van der Waals surface area (Å²) in [7, 11) is 1.47. The van der Waals surface area contributed by atoms with E-state index in [9.17, 15) is 18.0 Å². The topological polar surface area (TPSA) is 55.1 Å². The van der Waals surface area contributed by atoms with Crippen LogP contribution in [0.4, 0.5) is 13.2 Å². The van der Waals surface area contributed by atoms with Crippen LogP contribution in [-0.4, -0.2) is 20.9 Å². The molecule has 20 heavy (non-hydrogen) atoms. The molecular weight excluding hydrogens is 273 g/mol. The van der Waals surface area contributed by atoms with Gasteiger partial charge in [0.1, 0.15) is 5.69 Å². The lowest BCUT2D eigenvalue weighted by molar-refractivity contribution is -0.137. The fourth-order valence-electron chi connectivity index (χ4n) is 1.88. The maximum absolute atomic E-state index is 12.6. The number of rotatable bonds is 3. The van der Waals surface area contributed by atoms with Crippen molar-refractivity contribution in [2.45, 2.75) is 12.6 Å². The molecule has 0 atom stereocenters. The highest BCUT2D eigenvalue weighted by molar-refractivity contribution is 5.85. The van der Waals surface area contributed by atoms with Crippen LogP contribution in [0.5, 0.6) is 0 Å². The number of carbonyl (C=O) groups is 1. The maximum atomic E-state index is 12.6. The molecule has 0 aliphatic rings. The molecule has 1 N–H and O–H groups in total. The maximum Gasteiger partial charge on any atom is 0.416 e. The highest BCUT2D eigenvalue weighted by atomic mass is 19.4. The van der Waals surface area contributed by atoms with E-state index < -0.39 is 17.7 Å². The van der Waals surface area contributed by atoms with Crippen LogP contribution in [0.3, 0.4) is 0 Å². The summed E-state index contributed by atoms with van der Waals surface area (Å²) < 4.78 is 38.9. The monoisotopic (exact) mass is 284 g/mol.